The number of hydrogen-bond donors (Lipinski definition) is 3. The molecule has 0 aliphatic heterocycles. The van der Waals surface area contributed by atoms with Gasteiger partial charge in [-0.2, -0.15) is 0 Å². The second-order valence-electron chi connectivity index (χ2n) is 3.99. The van der Waals surface area contributed by atoms with E-state index >= 15 is 0 Å². The Hall–Kier alpha value is -1.37. The van der Waals surface area contributed by atoms with Crippen molar-refractivity contribution in [2.75, 3.05) is 20.3 Å². The van der Waals surface area contributed by atoms with E-state index in [1.165, 1.54) is 13.2 Å². The number of esters is 1. The summed E-state index contributed by atoms with van der Waals surface area (Å²) >= 11 is 0. The first kappa shape index (κ1) is 13.7. The van der Waals surface area contributed by atoms with Crippen LogP contribution in [0.1, 0.15) is 23.2 Å². The second-order valence-corrected chi connectivity index (χ2v) is 3.99. The van der Waals surface area contributed by atoms with Crippen LogP contribution in [-0.4, -0.2) is 42.0 Å². The van der Waals surface area contributed by atoms with Gasteiger partial charge < -0.3 is 24.7 Å². The lowest BCUT2D eigenvalue weighted by Gasteiger charge is -2.25. The van der Waals surface area contributed by atoms with Crippen molar-refractivity contribution >= 4 is 5.97 Å². The lowest BCUT2D eigenvalue weighted by molar-refractivity contribution is 0.0561. The third kappa shape index (κ3) is 3.55. The molecule has 0 atom stereocenters. The largest absolute Gasteiger partial charge is 0.463 e. The highest BCUT2D eigenvalue weighted by Gasteiger charge is 2.22. The molecular weight excluding hydrogens is 226 g/mol. The summed E-state index contributed by atoms with van der Waals surface area (Å²) in [6.45, 7) is 1.58. The summed E-state index contributed by atoms with van der Waals surface area (Å²) in [5.74, 6) is 0.112. The highest BCUT2D eigenvalue weighted by Crippen LogP contribution is 2.10. The molecule has 1 aromatic heterocycles. The molecule has 0 bridgehead atoms. The number of aliphatic hydroxyl groups is 2. The van der Waals surface area contributed by atoms with Gasteiger partial charge in [-0.15, -0.1) is 0 Å². The Kier molecular flexibility index (Phi) is 4.68. The van der Waals surface area contributed by atoms with E-state index in [0.717, 1.165) is 0 Å². The number of methoxy groups -OCH3 is 1. The summed E-state index contributed by atoms with van der Waals surface area (Å²) in [5, 5.41) is 21.1. The molecule has 96 valence electrons. The van der Waals surface area contributed by atoms with Gasteiger partial charge >= 0.3 is 5.97 Å². The van der Waals surface area contributed by atoms with Crippen molar-refractivity contribution in [1.82, 2.24) is 5.32 Å². The minimum absolute atomic E-state index is 0.124. The average molecular weight is 243 g/mol. The first-order chi connectivity index (χ1) is 8.04. The van der Waals surface area contributed by atoms with E-state index in [0.29, 0.717) is 12.3 Å². The molecule has 1 aromatic rings. The third-order valence-corrected chi connectivity index (χ3v) is 2.44. The first-order valence-electron chi connectivity index (χ1n) is 5.18. The number of carbonyl (C=O) groups is 1. The highest BCUT2D eigenvalue weighted by atomic mass is 16.5. The summed E-state index contributed by atoms with van der Waals surface area (Å²) in [5.41, 5.74) is -0.780. The zero-order valence-electron chi connectivity index (χ0n) is 9.90. The van der Waals surface area contributed by atoms with Crippen molar-refractivity contribution in [3.63, 3.8) is 0 Å². The van der Waals surface area contributed by atoms with Crippen LogP contribution >= 0.6 is 0 Å². The second kappa shape index (κ2) is 5.81. The molecule has 0 aliphatic carbocycles. The topological polar surface area (TPSA) is 91.9 Å². The van der Waals surface area contributed by atoms with Crippen molar-refractivity contribution < 1.29 is 24.2 Å². The number of hydrogen-bond acceptors (Lipinski definition) is 6. The fourth-order valence-electron chi connectivity index (χ4n) is 1.15. The molecule has 0 fully saturated rings. The van der Waals surface area contributed by atoms with E-state index in [1.807, 2.05) is 0 Å². The van der Waals surface area contributed by atoms with Crippen LogP contribution in [-0.2, 0) is 11.3 Å². The van der Waals surface area contributed by atoms with Crippen LogP contribution in [0.5, 0.6) is 0 Å². The van der Waals surface area contributed by atoms with Gasteiger partial charge in [0.2, 0.25) is 5.76 Å². The lowest BCUT2D eigenvalue weighted by atomic mass is 10.1. The smallest absolute Gasteiger partial charge is 0.373 e. The van der Waals surface area contributed by atoms with E-state index in [2.05, 4.69) is 10.1 Å². The Morgan fingerprint density at radius 3 is 2.65 bits per heavy atom. The number of ether oxygens (including phenoxy) is 1. The minimum atomic E-state index is -0.780. The van der Waals surface area contributed by atoms with Crippen LogP contribution in [0, 0.1) is 0 Å². The molecule has 0 aromatic carbocycles. The van der Waals surface area contributed by atoms with Gasteiger partial charge in [0, 0.05) is 0 Å². The molecule has 0 aliphatic rings. The standard InChI is InChI=1S/C11H17NO5/c1-11(6-13,7-14)12-5-8-3-4-9(17-8)10(15)16-2/h3-4,12-14H,5-7H2,1-2H3. The van der Waals surface area contributed by atoms with Gasteiger partial charge in [0.05, 0.1) is 32.4 Å². The van der Waals surface area contributed by atoms with Gasteiger partial charge in [-0.25, -0.2) is 4.79 Å². The molecule has 0 amide bonds. The lowest BCUT2D eigenvalue weighted by Crippen LogP contribution is -2.48. The number of furan rings is 1. The van der Waals surface area contributed by atoms with Crippen LogP contribution in [0.4, 0.5) is 0 Å². The van der Waals surface area contributed by atoms with E-state index in [1.54, 1.807) is 13.0 Å². The molecule has 6 heteroatoms. The van der Waals surface area contributed by atoms with E-state index in [-0.39, 0.29) is 19.0 Å². The van der Waals surface area contributed by atoms with Crippen LogP contribution in [0.15, 0.2) is 16.5 Å². The zero-order valence-corrected chi connectivity index (χ0v) is 9.90. The highest BCUT2D eigenvalue weighted by molar-refractivity contribution is 5.86. The summed E-state index contributed by atoms with van der Waals surface area (Å²) in [4.78, 5) is 11.1. The maximum atomic E-state index is 11.1. The number of rotatable bonds is 6. The Labute approximate surface area is 99.2 Å². The quantitative estimate of drug-likeness (QED) is 0.604. The summed E-state index contributed by atoms with van der Waals surface area (Å²) in [7, 11) is 1.28. The molecule has 0 saturated heterocycles. The fraction of sp³-hybridized carbons (Fsp3) is 0.545. The molecule has 0 spiro atoms. The molecule has 0 saturated carbocycles. The SMILES string of the molecule is COC(=O)c1ccc(CNC(C)(CO)CO)o1. The van der Waals surface area contributed by atoms with Crippen LogP contribution in [0.3, 0.4) is 0 Å². The average Bonchev–Trinajstić information content (AvgIpc) is 2.84. The molecule has 0 radical (unpaired) electrons. The van der Waals surface area contributed by atoms with Crippen LogP contribution in [0.2, 0.25) is 0 Å². The number of aliphatic hydroxyl groups excluding tert-OH is 2. The maximum Gasteiger partial charge on any atom is 0.373 e. The predicted molar refractivity (Wildman–Crippen MR) is 59.5 cm³/mol. The molecule has 17 heavy (non-hydrogen) atoms. The van der Waals surface area contributed by atoms with Crippen LogP contribution < -0.4 is 5.32 Å². The monoisotopic (exact) mass is 243 g/mol. The van der Waals surface area contributed by atoms with Crippen molar-refractivity contribution in [2.45, 2.75) is 19.0 Å². The van der Waals surface area contributed by atoms with Crippen molar-refractivity contribution in [3.8, 4) is 0 Å². The van der Waals surface area contributed by atoms with E-state index in [9.17, 15) is 4.79 Å². The third-order valence-electron chi connectivity index (χ3n) is 2.44. The van der Waals surface area contributed by atoms with Crippen LogP contribution in [0.25, 0.3) is 0 Å². The van der Waals surface area contributed by atoms with Gasteiger partial charge in [-0.1, -0.05) is 0 Å². The van der Waals surface area contributed by atoms with Gasteiger partial charge in [-0.05, 0) is 19.1 Å². The minimum Gasteiger partial charge on any atom is -0.463 e. The molecule has 3 N–H and O–H groups in total. The Morgan fingerprint density at radius 1 is 1.47 bits per heavy atom. The van der Waals surface area contributed by atoms with E-state index in [4.69, 9.17) is 14.6 Å². The first-order valence-corrected chi connectivity index (χ1v) is 5.18. The maximum absolute atomic E-state index is 11.1. The predicted octanol–water partition coefficient (Wildman–Crippen LogP) is -0.101. The number of carbonyl (C=O) groups excluding carboxylic acids is 1. The van der Waals surface area contributed by atoms with Gasteiger partial charge in [-0.3, -0.25) is 0 Å². The summed E-state index contributed by atoms with van der Waals surface area (Å²) in [6.07, 6.45) is 0. The Morgan fingerprint density at radius 2 is 2.12 bits per heavy atom. The van der Waals surface area contributed by atoms with Crippen molar-refractivity contribution in [3.05, 3.63) is 23.7 Å². The van der Waals surface area contributed by atoms with Gasteiger partial charge in [0.1, 0.15) is 5.76 Å². The summed E-state index contributed by atoms with van der Waals surface area (Å²) < 4.78 is 9.72. The van der Waals surface area contributed by atoms with E-state index < -0.39 is 11.5 Å². The zero-order chi connectivity index (χ0) is 12.9. The van der Waals surface area contributed by atoms with Gasteiger partial charge in [0.25, 0.3) is 0 Å². The van der Waals surface area contributed by atoms with Crippen molar-refractivity contribution in [2.24, 2.45) is 0 Å². The normalized spacial score (nSPS) is 11.5. The van der Waals surface area contributed by atoms with Gasteiger partial charge in [0.15, 0.2) is 0 Å². The summed E-state index contributed by atoms with van der Waals surface area (Å²) in [6, 6.07) is 3.15. The molecule has 1 heterocycles. The fourth-order valence-corrected chi connectivity index (χ4v) is 1.15. The van der Waals surface area contributed by atoms with Crippen molar-refractivity contribution in [1.29, 1.82) is 0 Å². The molecule has 6 nitrogen and oxygen atoms in total. The molecule has 0 unspecified atom stereocenters. The molecular formula is C11H17NO5. The Balaban J connectivity index is 2.58. The molecule has 1 rings (SSSR count). The Bertz CT molecular complexity index is 370. The number of nitrogens with one attached hydrogen (secondary N) is 1.